The second-order valence-corrected chi connectivity index (χ2v) is 4.64. The van der Waals surface area contributed by atoms with Gasteiger partial charge in [-0.05, 0) is 12.1 Å². The van der Waals surface area contributed by atoms with Crippen LogP contribution in [-0.2, 0) is 4.79 Å². The van der Waals surface area contributed by atoms with Crippen LogP contribution < -0.4 is 9.64 Å². The Balaban J connectivity index is 2.27. The topological polar surface area (TPSA) is 93.9 Å². The van der Waals surface area contributed by atoms with Crippen LogP contribution in [0.15, 0.2) is 24.3 Å². The molecule has 0 fully saturated rings. The van der Waals surface area contributed by atoms with E-state index in [1.165, 1.54) is 9.80 Å². The van der Waals surface area contributed by atoms with Crippen LogP contribution in [0, 0.1) is 11.3 Å². The van der Waals surface area contributed by atoms with Crippen molar-refractivity contribution in [1.82, 2.24) is 4.90 Å². The number of nitriles is 1. The summed E-state index contributed by atoms with van der Waals surface area (Å²) in [6.07, 6.45) is -0.885. The Morgan fingerprint density at radius 3 is 2.90 bits per heavy atom. The molecule has 0 saturated carbocycles. The molecule has 7 nitrogen and oxygen atoms in total. The lowest BCUT2D eigenvalue weighted by atomic mass is 10.2. The average Bonchev–Trinajstić information content (AvgIpc) is 2.50. The van der Waals surface area contributed by atoms with E-state index < -0.39 is 12.1 Å². The minimum Gasteiger partial charge on any atom is -0.478 e. The molecule has 1 N–H and O–H groups in total. The van der Waals surface area contributed by atoms with Gasteiger partial charge >= 0.3 is 12.0 Å². The van der Waals surface area contributed by atoms with E-state index in [-0.39, 0.29) is 25.5 Å². The van der Waals surface area contributed by atoms with Gasteiger partial charge in [0.05, 0.1) is 24.7 Å². The molecule has 1 atom stereocenters. The first-order valence-corrected chi connectivity index (χ1v) is 6.42. The van der Waals surface area contributed by atoms with Gasteiger partial charge in [0, 0.05) is 13.6 Å². The van der Waals surface area contributed by atoms with Crippen molar-refractivity contribution in [3.8, 4) is 11.8 Å². The number of nitrogens with zero attached hydrogens (tertiary/aromatic N) is 3. The summed E-state index contributed by atoms with van der Waals surface area (Å²) in [7, 11) is 1.58. The van der Waals surface area contributed by atoms with Crippen LogP contribution in [0.1, 0.15) is 6.42 Å². The number of hydrogen-bond acceptors (Lipinski definition) is 4. The monoisotopic (exact) mass is 289 g/mol. The van der Waals surface area contributed by atoms with E-state index in [1.54, 1.807) is 31.3 Å². The van der Waals surface area contributed by atoms with E-state index in [0.29, 0.717) is 11.4 Å². The van der Waals surface area contributed by atoms with E-state index in [9.17, 15) is 9.59 Å². The third kappa shape index (κ3) is 3.05. The van der Waals surface area contributed by atoms with Crippen molar-refractivity contribution < 1.29 is 19.4 Å². The Bertz CT molecular complexity index is 596. The van der Waals surface area contributed by atoms with Gasteiger partial charge < -0.3 is 14.7 Å². The number of ether oxygens (including phenoxy) is 1. The van der Waals surface area contributed by atoms with Gasteiger partial charge in [-0.25, -0.2) is 9.59 Å². The first kappa shape index (κ1) is 14.7. The summed E-state index contributed by atoms with van der Waals surface area (Å²) in [6, 6.07) is 8.40. The lowest BCUT2D eigenvalue weighted by molar-refractivity contribution is -0.144. The van der Waals surface area contributed by atoms with Crippen LogP contribution >= 0.6 is 0 Å². The molecule has 1 heterocycles. The van der Waals surface area contributed by atoms with Crippen molar-refractivity contribution in [3.63, 3.8) is 0 Å². The number of carbonyl (C=O) groups excluding carboxylic acids is 1. The number of fused-ring (bicyclic) bond motifs is 1. The highest BCUT2D eigenvalue weighted by atomic mass is 16.5. The Morgan fingerprint density at radius 1 is 1.52 bits per heavy atom. The Morgan fingerprint density at radius 2 is 2.24 bits per heavy atom. The maximum absolute atomic E-state index is 12.4. The molecule has 0 aromatic heterocycles. The SMILES string of the molecule is CN(CCC#N)C(=O)N1CC(C(=O)O)Oc2ccccc21. The van der Waals surface area contributed by atoms with Crippen LogP contribution in [0.25, 0.3) is 0 Å². The number of aliphatic carboxylic acids is 1. The number of carbonyl (C=O) groups is 2. The van der Waals surface area contributed by atoms with Crippen molar-refractivity contribution in [1.29, 1.82) is 5.26 Å². The number of para-hydroxylation sites is 2. The summed E-state index contributed by atoms with van der Waals surface area (Å²) in [5, 5.41) is 17.7. The van der Waals surface area contributed by atoms with Crippen LogP contribution in [0.2, 0.25) is 0 Å². The highest BCUT2D eigenvalue weighted by molar-refractivity contribution is 5.95. The number of hydrogen-bond donors (Lipinski definition) is 1. The summed E-state index contributed by atoms with van der Waals surface area (Å²) in [6.45, 7) is 0.217. The Hall–Kier alpha value is -2.75. The molecule has 110 valence electrons. The third-order valence-electron chi connectivity index (χ3n) is 3.17. The van der Waals surface area contributed by atoms with E-state index in [1.807, 2.05) is 6.07 Å². The predicted octanol–water partition coefficient (Wildman–Crippen LogP) is 1.30. The van der Waals surface area contributed by atoms with Crippen molar-refractivity contribution in [2.75, 3.05) is 25.0 Å². The van der Waals surface area contributed by atoms with Crippen molar-refractivity contribution >= 4 is 17.7 Å². The fraction of sp³-hybridized carbons (Fsp3) is 0.357. The number of rotatable bonds is 3. The van der Waals surface area contributed by atoms with Gasteiger partial charge in [0.15, 0.2) is 0 Å². The minimum atomic E-state index is -1.12. The lowest BCUT2D eigenvalue weighted by Gasteiger charge is -2.35. The van der Waals surface area contributed by atoms with E-state index >= 15 is 0 Å². The molecule has 21 heavy (non-hydrogen) atoms. The molecule has 0 spiro atoms. The van der Waals surface area contributed by atoms with Gasteiger partial charge in [-0.15, -0.1) is 0 Å². The van der Waals surface area contributed by atoms with Gasteiger partial charge in [-0.2, -0.15) is 5.26 Å². The molecule has 1 aliphatic rings. The van der Waals surface area contributed by atoms with Crippen molar-refractivity contribution in [2.45, 2.75) is 12.5 Å². The highest BCUT2D eigenvalue weighted by Gasteiger charge is 2.34. The second-order valence-electron chi connectivity index (χ2n) is 4.64. The zero-order chi connectivity index (χ0) is 15.4. The fourth-order valence-corrected chi connectivity index (χ4v) is 2.06. The number of benzene rings is 1. The third-order valence-corrected chi connectivity index (χ3v) is 3.17. The normalized spacial score (nSPS) is 16.4. The average molecular weight is 289 g/mol. The summed E-state index contributed by atoms with van der Waals surface area (Å²) < 4.78 is 5.37. The molecule has 1 aromatic carbocycles. The number of carboxylic acids is 1. The minimum absolute atomic E-state index is 0.0674. The van der Waals surface area contributed by atoms with Crippen LogP contribution in [0.4, 0.5) is 10.5 Å². The quantitative estimate of drug-likeness (QED) is 0.905. The maximum atomic E-state index is 12.4. The summed E-state index contributed by atoms with van der Waals surface area (Å²) in [5.41, 5.74) is 0.531. The van der Waals surface area contributed by atoms with Gasteiger partial charge in [0.1, 0.15) is 5.75 Å². The molecular weight excluding hydrogens is 274 g/mol. The maximum Gasteiger partial charge on any atom is 0.346 e. The molecular formula is C14H15N3O4. The molecule has 1 unspecified atom stereocenters. The number of amides is 2. The molecule has 0 saturated heterocycles. The van der Waals surface area contributed by atoms with Crippen LogP contribution in [0.3, 0.4) is 0 Å². The molecule has 2 amide bonds. The highest BCUT2D eigenvalue weighted by Crippen LogP contribution is 2.33. The molecule has 1 aliphatic heterocycles. The molecule has 2 rings (SSSR count). The molecule has 7 heteroatoms. The zero-order valence-electron chi connectivity index (χ0n) is 11.5. The van der Waals surface area contributed by atoms with E-state index in [2.05, 4.69) is 0 Å². The number of urea groups is 1. The molecule has 1 aromatic rings. The van der Waals surface area contributed by atoms with Gasteiger partial charge in [-0.1, -0.05) is 12.1 Å². The van der Waals surface area contributed by atoms with Crippen LogP contribution in [-0.4, -0.2) is 48.2 Å². The number of anilines is 1. The largest absolute Gasteiger partial charge is 0.478 e. The molecule has 0 radical (unpaired) electrons. The van der Waals surface area contributed by atoms with Gasteiger partial charge in [-0.3, -0.25) is 4.90 Å². The first-order chi connectivity index (χ1) is 10.0. The van der Waals surface area contributed by atoms with Gasteiger partial charge in [0.2, 0.25) is 6.10 Å². The Kier molecular flexibility index (Phi) is 4.28. The predicted molar refractivity (Wildman–Crippen MR) is 74.1 cm³/mol. The zero-order valence-corrected chi connectivity index (χ0v) is 11.5. The van der Waals surface area contributed by atoms with E-state index in [4.69, 9.17) is 15.1 Å². The summed E-state index contributed by atoms with van der Waals surface area (Å²) in [5.74, 6) is -0.764. The molecule has 0 bridgehead atoms. The molecule has 0 aliphatic carbocycles. The second kappa shape index (κ2) is 6.13. The lowest BCUT2D eigenvalue weighted by Crippen LogP contribution is -2.51. The van der Waals surface area contributed by atoms with E-state index in [0.717, 1.165) is 0 Å². The fourth-order valence-electron chi connectivity index (χ4n) is 2.06. The van der Waals surface area contributed by atoms with Crippen LogP contribution in [0.5, 0.6) is 5.75 Å². The first-order valence-electron chi connectivity index (χ1n) is 6.42. The smallest absolute Gasteiger partial charge is 0.346 e. The van der Waals surface area contributed by atoms with Crippen molar-refractivity contribution in [2.24, 2.45) is 0 Å². The van der Waals surface area contributed by atoms with Gasteiger partial charge in [0.25, 0.3) is 0 Å². The summed E-state index contributed by atoms with van der Waals surface area (Å²) >= 11 is 0. The standard InChI is InChI=1S/C14H15N3O4/c1-16(8-4-7-15)14(20)17-9-12(13(18)19)21-11-6-3-2-5-10(11)17/h2-3,5-6,12H,4,8-9H2,1H3,(H,18,19). The van der Waals surface area contributed by atoms with Crippen molar-refractivity contribution in [3.05, 3.63) is 24.3 Å². The Labute approximate surface area is 121 Å². The summed E-state index contributed by atoms with van der Waals surface area (Å²) in [4.78, 5) is 26.3. The number of carboxylic acid groups (broad SMARTS) is 1.